The molecule has 0 saturated carbocycles. The van der Waals surface area contributed by atoms with Gasteiger partial charge in [-0.2, -0.15) is 0 Å². The van der Waals surface area contributed by atoms with Crippen molar-refractivity contribution in [1.82, 2.24) is 4.90 Å². The molecule has 0 fully saturated rings. The van der Waals surface area contributed by atoms with Crippen molar-refractivity contribution < 1.29 is 4.74 Å². The molecule has 114 valence electrons. The number of ether oxygens (including phenoxy) is 1. The number of hydrogen-bond donors (Lipinski definition) is 0. The van der Waals surface area contributed by atoms with Gasteiger partial charge < -0.3 is 4.74 Å². The van der Waals surface area contributed by atoms with Crippen LogP contribution < -0.4 is 0 Å². The van der Waals surface area contributed by atoms with Crippen LogP contribution in [-0.4, -0.2) is 23.7 Å². The van der Waals surface area contributed by atoms with E-state index in [1.165, 1.54) is 11.1 Å². The van der Waals surface area contributed by atoms with Crippen LogP contribution in [-0.2, 0) is 17.8 Å². The molecule has 0 bridgehead atoms. The molecule has 2 heteroatoms. The molecule has 1 aliphatic heterocycles. The summed E-state index contributed by atoms with van der Waals surface area (Å²) in [5, 5.41) is 0. The lowest BCUT2D eigenvalue weighted by Crippen LogP contribution is -2.40. The maximum Gasteiger partial charge on any atom is 0.0913 e. The van der Waals surface area contributed by atoms with Gasteiger partial charge >= 0.3 is 0 Å². The molecule has 0 spiro atoms. The first-order chi connectivity index (χ1) is 10.8. The van der Waals surface area contributed by atoms with Crippen LogP contribution in [0.5, 0.6) is 0 Å². The molecule has 0 aromatic heterocycles. The van der Waals surface area contributed by atoms with E-state index in [0.29, 0.717) is 6.04 Å². The van der Waals surface area contributed by atoms with Gasteiger partial charge in [-0.3, -0.25) is 4.90 Å². The highest BCUT2D eigenvalue weighted by atomic mass is 16.5. The van der Waals surface area contributed by atoms with E-state index in [4.69, 9.17) is 4.74 Å². The number of nitrogens with zero attached hydrogens (tertiary/aromatic N) is 1. The van der Waals surface area contributed by atoms with Crippen LogP contribution in [0.15, 0.2) is 72.8 Å². The normalized spacial score (nSPS) is 18.7. The summed E-state index contributed by atoms with van der Waals surface area (Å²) in [4.78, 5) is 2.49. The predicted molar refractivity (Wildman–Crippen MR) is 90.5 cm³/mol. The molecule has 0 radical (unpaired) electrons. The average Bonchev–Trinajstić information content (AvgIpc) is 3.10. The summed E-state index contributed by atoms with van der Waals surface area (Å²) >= 11 is 0. The molecule has 0 unspecified atom stereocenters. The van der Waals surface area contributed by atoms with Crippen molar-refractivity contribution in [2.75, 3.05) is 6.61 Å². The molecule has 2 atom stereocenters. The Balaban J connectivity index is 1.76. The highest BCUT2D eigenvalue weighted by Gasteiger charge is 2.24. The van der Waals surface area contributed by atoms with E-state index >= 15 is 0 Å². The molecule has 1 heterocycles. The summed E-state index contributed by atoms with van der Waals surface area (Å²) in [5.41, 5.74) is 2.68. The predicted octanol–water partition coefficient (Wildman–Crippen LogP) is 4.03. The summed E-state index contributed by atoms with van der Waals surface area (Å²) in [6, 6.07) is 21.7. The molecule has 2 nitrogen and oxygen atoms in total. The van der Waals surface area contributed by atoms with E-state index in [1.807, 2.05) is 0 Å². The summed E-state index contributed by atoms with van der Waals surface area (Å²) in [6.45, 7) is 4.86. The second-order valence-electron chi connectivity index (χ2n) is 5.84. The van der Waals surface area contributed by atoms with E-state index < -0.39 is 0 Å². The van der Waals surface area contributed by atoms with E-state index in [1.54, 1.807) is 0 Å². The molecular weight excluding hydrogens is 270 g/mol. The Morgan fingerprint density at radius 1 is 0.955 bits per heavy atom. The largest absolute Gasteiger partial charge is 0.368 e. The Hall–Kier alpha value is -1.90. The zero-order valence-electron chi connectivity index (χ0n) is 13.1. The minimum absolute atomic E-state index is 0.187. The third-order valence-electron chi connectivity index (χ3n) is 4.22. The highest BCUT2D eigenvalue weighted by Crippen LogP contribution is 2.19. The lowest BCUT2D eigenvalue weighted by atomic mass is 10.1. The van der Waals surface area contributed by atoms with Crippen LogP contribution in [0, 0.1) is 0 Å². The van der Waals surface area contributed by atoms with Gasteiger partial charge in [0.15, 0.2) is 0 Å². The minimum atomic E-state index is 0.187. The van der Waals surface area contributed by atoms with Crippen LogP contribution in [0.4, 0.5) is 0 Å². The van der Waals surface area contributed by atoms with Crippen molar-refractivity contribution in [1.29, 1.82) is 0 Å². The fourth-order valence-electron chi connectivity index (χ4n) is 2.90. The van der Waals surface area contributed by atoms with Crippen molar-refractivity contribution in [2.24, 2.45) is 0 Å². The highest BCUT2D eigenvalue weighted by molar-refractivity contribution is 5.18. The lowest BCUT2D eigenvalue weighted by Gasteiger charge is -2.32. The molecule has 0 saturated heterocycles. The Morgan fingerprint density at radius 3 is 1.95 bits per heavy atom. The molecule has 2 aromatic carbocycles. The third kappa shape index (κ3) is 3.85. The minimum Gasteiger partial charge on any atom is -0.368 e. The van der Waals surface area contributed by atoms with Gasteiger partial charge in [0, 0.05) is 19.1 Å². The van der Waals surface area contributed by atoms with Crippen molar-refractivity contribution in [3.63, 3.8) is 0 Å². The second kappa shape index (κ2) is 7.39. The first kappa shape index (κ1) is 15.0. The van der Waals surface area contributed by atoms with Crippen LogP contribution in [0.1, 0.15) is 18.1 Å². The van der Waals surface area contributed by atoms with Gasteiger partial charge in [0.1, 0.15) is 0 Å². The van der Waals surface area contributed by atoms with Crippen LogP contribution >= 0.6 is 0 Å². The van der Waals surface area contributed by atoms with Gasteiger partial charge in [-0.15, -0.1) is 0 Å². The lowest BCUT2D eigenvalue weighted by molar-refractivity contribution is 0.0388. The summed E-state index contributed by atoms with van der Waals surface area (Å²) in [6.07, 6.45) is 4.49. The maximum atomic E-state index is 5.82. The van der Waals surface area contributed by atoms with Crippen LogP contribution in [0.2, 0.25) is 0 Å². The fraction of sp³-hybridized carbons (Fsp3) is 0.300. The van der Waals surface area contributed by atoms with Crippen molar-refractivity contribution in [3.8, 4) is 0 Å². The SMILES string of the molecule is C[C@H]([C@H]1C=CCO1)N(Cc1ccccc1)Cc1ccccc1. The Labute approximate surface area is 133 Å². The van der Waals surface area contributed by atoms with Crippen molar-refractivity contribution in [2.45, 2.75) is 32.2 Å². The summed E-state index contributed by atoms with van der Waals surface area (Å²) in [7, 11) is 0. The molecule has 0 amide bonds. The number of benzene rings is 2. The van der Waals surface area contributed by atoms with Gasteiger partial charge in [0.2, 0.25) is 0 Å². The molecule has 0 N–H and O–H groups in total. The first-order valence-electron chi connectivity index (χ1n) is 7.93. The zero-order valence-corrected chi connectivity index (χ0v) is 13.1. The van der Waals surface area contributed by atoms with Crippen LogP contribution in [0.25, 0.3) is 0 Å². The van der Waals surface area contributed by atoms with Crippen molar-refractivity contribution in [3.05, 3.63) is 83.9 Å². The topological polar surface area (TPSA) is 12.5 Å². The third-order valence-corrected chi connectivity index (χ3v) is 4.22. The van der Waals surface area contributed by atoms with E-state index in [-0.39, 0.29) is 6.10 Å². The molecule has 3 rings (SSSR count). The van der Waals surface area contributed by atoms with Gasteiger partial charge in [0.05, 0.1) is 12.7 Å². The van der Waals surface area contributed by atoms with Gasteiger partial charge in [-0.1, -0.05) is 72.8 Å². The fourth-order valence-corrected chi connectivity index (χ4v) is 2.90. The van der Waals surface area contributed by atoms with Crippen LogP contribution in [0.3, 0.4) is 0 Å². The Bertz CT molecular complexity index is 552. The van der Waals surface area contributed by atoms with E-state index in [2.05, 4.69) is 84.6 Å². The smallest absolute Gasteiger partial charge is 0.0913 e. The average molecular weight is 293 g/mol. The monoisotopic (exact) mass is 293 g/mol. The van der Waals surface area contributed by atoms with Gasteiger partial charge in [-0.25, -0.2) is 0 Å². The quantitative estimate of drug-likeness (QED) is 0.746. The molecule has 22 heavy (non-hydrogen) atoms. The van der Waals surface area contributed by atoms with E-state index in [9.17, 15) is 0 Å². The summed E-state index contributed by atoms with van der Waals surface area (Å²) < 4.78 is 5.82. The van der Waals surface area contributed by atoms with Crippen molar-refractivity contribution >= 4 is 0 Å². The standard InChI is InChI=1S/C20H23NO/c1-17(20-13-8-14-22-20)21(15-18-9-4-2-5-10-18)16-19-11-6-3-7-12-19/h2-13,17,20H,14-16H2,1H3/t17-,20-/m1/s1. The van der Waals surface area contributed by atoms with Gasteiger partial charge in [0.25, 0.3) is 0 Å². The first-order valence-corrected chi connectivity index (χ1v) is 7.93. The zero-order chi connectivity index (χ0) is 15.2. The maximum absolute atomic E-state index is 5.82. The molecular formula is C20H23NO. The number of rotatable bonds is 6. The van der Waals surface area contributed by atoms with Gasteiger partial charge in [-0.05, 0) is 18.1 Å². The molecule has 2 aromatic rings. The molecule has 0 aliphatic carbocycles. The summed E-state index contributed by atoms with van der Waals surface area (Å²) in [5.74, 6) is 0. The Morgan fingerprint density at radius 2 is 1.50 bits per heavy atom. The van der Waals surface area contributed by atoms with E-state index in [0.717, 1.165) is 19.7 Å². The Kier molecular flexibility index (Phi) is 5.04. The molecule has 1 aliphatic rings. The number of hydrogen-bond acceptors (Lipinski definition) is 2. The second-order valence-corrected chi connectivity index (χ2v) is 5.84.